The van der Waals surface area contributed by atoms with Crippen LogP contribution in [0.3, 0.4) is 0 Å². The number of hydrogen-bond acceptors (Lipinski definition) is 5. The third kappa shape index (κ3) is 6.61. The van der Waals surface area contributed by atoms with Gasteiger partial charge in [-0.1, -0.05) is 36.4 Å². The van der Waals surface area contributed by atoms with Gasteiger partial charge in [-0.05, 0) is 66.9 Å². The molecule has 220 valence electrons. The molecule has 1 saturated carbocycles. The molecule has 1 fully saturated rings. The Kier molecular flexibility index (Phi) is 7.51. The Labute approximate surface area is 243 Å². The third-order valence-electron chi connectivity index (χ3n) is 7.24. The van der Waals surface area contributed by atoms with E-state index in [9.17, 15) is 26.3 Å². The first kappa shape index (κ1) is 28.6. The normalized spacial score (nSPS) is 13.9. The maximum absolute atomic E-state index is 13.8. The van der Waals surface area contributed by atoms with Gasteiger partial charge >= 0.3 is 12.4 Å². The van der Waals surface area contributed by atoms with Crippen molar-refractivity contribution in [2.45, 2.75) is 44.3 Å². The molecule has 0 aliphatic heterocycles. The minimum Gasteiger partial charge on any atom is -0.340 e. The number of rotatable bonds is 8. The Morgan fingerprint density at radius 1 is 0.767 bits per heavy atom. The van der Waals surface area contributed by atoms with Crippen molar-refractivity contribution < 1.29 is 26.3 Å². The molecule has 0 saturated heterocycles. The zero-order valence-electron chi connectivity index (χ0n) is 22.6. The molecule has 5 aromatic rings. The summed E-state index contributed by atoms with van der Waals surface area (Å²) in [6.07, 6.45) is -5.72. The van der Waals surface area contributed by atoms with Gasteiger partial charge in [0.05, 0.1) is 28.9 Å². The Balaban J connectivity index is 1.41. The van der Waals surface area contributed by atoms with Crippen LogP contribution in [0.25, 0.3) is 22.2 Å². The molecule has 11 heteroatoms. The van der Waals surface area contributed by atoms with E-state index in [0.29, 0.717) is 47.4 Å². The number of aromatic nitrogens is 3. The predicted octanol–water partition coefficient (Wildman–Crippen LogP) is 8.64. The van der Waals surface area contributed by atoms with Crippen LogP contribution in [0.4, 0.5) is 37.8 Å². The molecule has 1 aliphatic carbocycles. The predicted molar refractivity (Wildman–Crippen MR) is 151 cm³/mol. The number of pyridine rings is 1. The minimum absolute atomic E-state index is 0.224. The number of halogens is 6. The van der Waals surface area contributed by atoms with Crippen molar-refractivity contribution >= 4 is 22.4 Å². The molecule has 0 spiro atoms. The molecule has 6 rings (SSSR count). The lowest BCUT2D eigenvalue weighted by Crippen LogP contribution is -2.26. The van der Waals surface area contributed by atoms with Gasteiger partial charge in [0.25, 0.3) is 0 Å². The van der Waals surface area contributed by atoms with Crippen molar-refractivity contribution in [2.24, 2.45) is 0 Å². The van der Waals surface area contributed by atoms with E-state index >= 15 is 0 Å². The fourth-order valence-electron chi connectivity index (χ4n) is 4.99. The summed E-state index contributed by atoms with van der Waals surface area (Å²) in [5.41, 5.74) is 0.228. The van der Waals surface area contributed by atoms with E-state index in [-0.39, 0.29) is 11.3 Å². The SMILES string of the molecule is FC(F)(F)c1ccc(Nc2nc(CN(Cc3ccccc3)C3CC3)nc3cc(-c4ncccc4C(F)(F)F)ccc23)cc1. The van der Waals surface area contributed by atoms with Gasteiger partial charge in [-0.25, -0.2) is 9.97 Å². The molecule has 5 nitrogen and oxygen atoms in total. The van der Waals surface area contributed by atoms with E-state index in [4.69, 9.17) is 9.97 Å². The zero-order chi connectivity index (χ0) is 30.2. The quantitative estimate of drug-likeness (QED) is 0.183. The van der Waals surface area contributed by atoms with Crippen LogP contribution in [0.2, 0.25) is 0 Å². The molecule has 0 radical (unpaired) electrons. The summed E-state index contributed by atoms with van der Waals surface area (Å²) in [7, 11) is 0. The molecule has 0 unspecified atom stereocenters. The van der Waals surface area contributed by atoms with E-state index in [1.165, 1.54) is 36.5 Å². The Morgan fingerprint density at radius 2 is 1.51 bits per heavy atom. The fourth-order valence-corrected chi connectivity index (χ4v) is 4.99. The lowest BCUT2D eigenvalue weighted by molar-refractivity contribution is -0.138. The van der Waals surface area contributed by atoms with E-state index in [1.807, 2.05) is 30.3 Å². The molecule has 0 atom stereocenters. The standard InChI is InChI=1S/C32H25F6N5/c33-31(34,35)22-9-11-23(12-10-22)40-30-25-15-8-21(29-26(32(36,37)38)7-4-16-39-29)17-27(25)41-28(42-30)19-43(24-13-14-24)18-20-5-2-1-3-6-20/h1-12,15-17,24H,13-14,18-19H2,(H,40,41,42). The second-order valence-corrected chi connectivity index (χ2v) is 10.4. The van der Waals surface area contributed by atoms with Gasteiger partial charge in [0, 0.05) is 35.4 Å². The van der Waals surface area contributed by atoms with Crippen molar-refractivity contribution in [1.29, 1.82) is 0 Å². The van der Waals surface area contributed by atoms with Crippen molar-refractivity contribution in [2.75, 3.05) is 5.32 Å². The number of nitrogens with one attached hydrogen (secondary N) is 1. The van der Waals surface area contributed by atoms with Gasteiger partial charge in [0.15, 0.2) is 0 Å². The highest BCUT2D eigenvalue weighted by atomic mass is 19.4. The summed E-state index contributed by atoms with van der Waals surface area (Å²) >= 11 is 0. The highest BCUT2D eigenvalue weighted by molar-refractivity contribution is 5.93. The first-order valence-electron chi connectivity index (χ1n) is 13.6. The summed E-state index contributed by atoms with van der Waals surface area (Å²) in [4.78, 5) is 15.7. The molecule has 2 heterocycles. The van der Waals surface area contributed by atoms with Gasteiger partial charge in [-0.2, -0.15) is 26.3 Å². The Hall–Kier alpha value is -4.51. The number of benzene rings is 3. The Bertz CT molecular complexity index is 1730. The average molecular weight is 594 g/mol. The van der Waals surface area contributed by atoms with Crippen molar-refractivity contribution in [3.63, 3.8) is 0 Å². The number of hydrogen-bond donors (Lipinski definition) is 1. The number of fused-ring (bicyclic) bond motifs is 1. The number of anilines is 2. The van der Waals surface area contributed by atoms with E-state index in [1.54, 1.807) is 6.07 Å². The summed E-state index contributed by atoms with van der Waals surface area (Å²) in [5, 5.41) is 3.59. The fraction of sp³-hybridized carbons (Fsp3) is 0.219. The van der Waals surface area contributed by atoms with Crippen molar-refractivity contribution in [3.8, 4) is 11.3 Å². The summed E-state index contributed by atoms with van der Waals surface area (Å²) in [6, 6.07) is 21.7. The van der Waals surface area contributed by atoms with Gasteiger partial charge in [-0.3, -0.25) is 9.88 Å². The highest BCUT2D eigenvalue weighted by Crippen LogP contribution is 2.38. The molecule has 3 aromatic carbocycles. The smallest absolute Gasteiger partial charge is 0.340 e. The third-order valence-corrected chi connectivity index (χ3v) is 7.24. The van der Waals surface area contributed by atoms with Crippen LogP contribution < -0.4 is 5.32 Å². The summed E-state index contributed by atoms with van der Waals surface area (Å²) < 4.78 is 80.7. The van der Waals surface area contributed by atoms with Crippen LogP contribution in [-0.2, 0) is 25.4 Å². The van der Waals surface area contributed by atoms with Crippen LogP contribution in [0.15, 0.2) is 91.1 Å². The second-order valence-electron chi connectivity index (χ2n) is 10.4. The van der Waals surface area contributed by atoms with Gasteiger partial charge < -0.3 is 5.32 Å². The highest BCUT2D eigenvalue weighted by Gasteiger charge is 2.35. The van der Waals surface area contributed by atoms with E-state index in [2.05, 4.69) is 15.2 Å². The van der Waals surface area contributed by atoms with Gasteiger partial charge in [0.2, 0.25) is 0 Å². The maximum atomic E-state index is 13.8. The molecule has 1 N–H and O–H groups in total. The lowest BCUT2D eigenvalue weighted by Gasteiger charge is -2.22. The number of alkyl halides is 6. The lowest BCUT2D eigenvalue weighted by atomic mass is 10.0. The average Bonchev–Trinajstić information content (AvgIpc) is 3.82. The van der Waals surface area contributed by atoms with Gasteiger partial charge in [-0.15, -0.1) is 0 Å². The monoisotopic (exact) mass is 593 g/mol. The largest absolute Gasteiger partial charge is 0.418 e. The minimum atomic E-state index is -4.60. The molecule has 1 aliphatic rings. The van der Waals surface area contributed by atoms with Crippen LogP contribution in [0.1, 0.15) is 35.4 Å². The van der Waals surface area contributed by atoms with E-state index in [0.717, 1.165) is 36.6 Å². The van der Waals surface area contributed by atoms with Crippen LogP contribution in [0.5, 0.6) is 0 Å². The molecule has 43 heavy (non-hydrogen) atoms. The van der Waals surface area contributed by atoms with E-state index < -0.39 is 23.5 Å². The molecule has 2 aromatic heterocycles. The maximum Gasteiger partial charge on any atom is 0.418 e. The van der Waals surface area contributed by atoms with Crippen molar-refractivity contribution in [1.82, 2.24) is 19.9 Å². The summed E-state index contributed by atoms with van der Waals surface area (Å²) in [6.45, 7) is 1.04. The summed E-state index contributed by atoms with van der Waals surface area (Å²) in [5.74, 6) is 0.762. The number of nitrogens with zero attached hydrogens (tertiary/aromatic N) is 4. The Morgan fingerprint density at radius 3 is 2.19 bits per heavy atom. The molecule has 0 amide bonds. The molecular weight excluding hydrogens is 568 g/mol. The molecular formula is C32H25F6N5. The van der Waals surface area contributed by atoms with Crippen LogP contribution in [-0.4, -0.2) is 25.9 Å². The zero-order valence-corrected chi connectivity index (χ0v) is 22.6. The second kappa shape index (κ2) is 11.3. The van der Waals surface area contributed by atoms with Crippen LogP contribution in [0, 0.1) is 0 Å². The van der Waals surface area contributed by atoms with Crippen molar-refractivity contribution in [3.05, 3.63) is 114 Å². The van der Waals surface area contributed by atoms with Crippen LogP contribution >= 0.6 is 0 Å². The topological polar surface area (TPSA) is 53.9 Å². The molecule has 0 bridgehead atoms. The first-order valence-corrected chi connectivity index (χ1v) is 13.6. The first-order chi connectivity index (χ1) is 20.5. The van der Waals surface area contributed by atoms with Gasteiger partial charge in [0.1, 0.15) is 11.6 Å².